The molecule has 3 unspecified atom stereocenters. The fourth-order valence-electron chi connectivity index (χ4n) is 4.15. The number of nitrogens with zero attached hydrogens (tertiary/aromatic N) is 1. The lowest BCUT2D eigenvalue weighted by Crippen LogP contribution is -2.53. The Morgan fingerprint density at radius 2 is 1.95 bits per heavy atom. The van der Waals surface area contributed by atoms with Crippen LogP contribution in [0.1, 0.15) is 66.2 Å². The molecule has 2 nitrogen and oxygen atoms in total. The van der Waals surface area contributed by atoms with Gasteiger partial charge in [0.1, 0.15) is 0 Å². The van der Waals surface area contributed by atoms with Gasteiger partial charge in [0.25, 0.3) is 0 Å². The zero-order valence-electron chi connectivity index (χ0n) is 13.5. The van der Waals surface area contributed by atoms with Crippen molar-refractivity contribution in [2.45, 2.75) is 77.8 Å². The second-order valence-electron chi connectivity index (χ2n) is 7.42. The normalized spacial score (nSPS) is 38.4. The van der Waals surface area contributed by atoms with E-state index >= 15 is 0 Å². The van der Waals surface area contributed by atoms with Crippen LogP contribution >= 0.6 is 0 Å². The summed E-state index contributed by atoms with van der Waals surface area (Å²) in [7, 11) is 0. The van der Waals surface area contributed by atoms with Crippen molar-refractivity contribution < 1.29 is 0 Å². The first-order valence-electron chi connectivity index (χ1n) is 8.55. The average Bonchev–Trinajstić information content (AvgIpc) is 2.61. The van der Waals surface area contributed by atoms with E-state index in [-0.39, 0.29) is 0 Å². The monoisotopic (exact) mass is 266 g/mol. The topological polar surface area (TPSA) is 15.3 Å². The van der Waals surface area contributed by atoms with Gasteiger partial charge in [-0.1, -0.05) is 33.6 Å². The highest BCUT2D eigenvalue weighted by molar-refractivity contribution is 4.93. The van der Waals surface area contributed by atoms with E-state index in [0.29, 0.717) is 5.54 Å². The molecule has 2 aliphatic rings. The van der Waals surface area contributed by atoms with Crippen LogP contribution in [-0.4, -0.2) is 36.1 Å². The summed E-state index contributed by atoms with van der Waals surface area (Å²) in [6.07, 6.45) is 8.34. The Bertz CT molecular complexity index is 276. The molecule has 0 aromatic carbocycles. The summed E-state index contributed by atoms with van der Waals surface area (Å²) in [5.74, 6) is 1.77. The Kier molecular flexibility index (Phi) is 5.30. The molecular formula is C17H34N2. The lowest BCUT2D eigenvalue weighted by atomic mass is 9.76. The zero-order valence-corrected chi connectivity index (χ0v) is 13.5. The molecule has 0 aromatic heterocycles. The van der Waals surface area contributed by atoms with E-state index in [0.717, 1.165) is 17.9 Å². The lowest BCUT2D eigenvalue weighted by Gasteiger charge is -2.44. The number of rotatable bonds is 3. The van der Waals surface area contributed by atoms with Crippen LogP contribution in [0.2, 0.25) is 0 Å². The van der Waals surface area contributed by atoms with Crippen molar-refractivity contribution in [2.75, 3.05) is 19.6 Å². The molecule has 1 saturated heterocycles. The first-order valence-corrected chi connectivity index (χ1v) is 8.55. The summed E-state index contributed by atoms with van der Waals surface area (Å²) in [4.78, 5) is 2.84. The van der Waals surface area contributed by atoms with Gasteiger partial charge in [0.2, 0.25) is 0 Å². The fourth-order valence-corrected chi connectivity index (χ4v) is 4.15. The van der Waals surface area contributed by atoms with Gasteiger partial charge in [-0.3, -0.25) is 4.90 Å². The van der Waals surface area contributed by atoms with Gasteiger partial charge in [0, 0.05) is 18.1 Å². The molecule has 1 N–H and O–H groups in total. The van der Waals surface area contributed by atoms with Gasteiger partial charge in [-0.15, -0.1) is 0 Å². The molecule has 112 valence electrons. The molecule has 0 amide bonds. The summed E-state index contributed by atoms with van der Waals surface area (Å²) >= 11 is 0. The fraction of sp³-hybridized carbons (Fsp3) is 1.00. The molecule has 1 aliphatic carbocycles. The van der Waals surface area contributed by atoms with Gasteiger partial charge in [0.15, 0.2) is 0 Å². The van der Waals surface area contributed by atoms with Crippen molar-refractivity contribution in [1.29, 1.82) is 0 Å². The van der Waals surface area contributed by atoms with E-state index in [4.69, 9.17) is 0 Å². The molecule has 0 spiro atoms. The highest BCUT2D eigenvalue weighted by Gasteiger charge is 2.36. The van der Waals surface area contributed by atoms with Crippen LogP contribution in [-0.2, 0) is 0 Å². The molecule has 3 atom stereocenters. The van der Waals surface area contributed by atoms with E-state index in [2.05, 4.69) is 37.9 Å². The molecular weight excluding hydrogens is 232 g/mol. The van der Waals surface area contributed by atoms with Crippen molar-refractivity contribution in [3.8, 4) is 0 Å². The molecule has 1 saturated carbocycles. The van der Waals surface area contributed by atoms with Gasteiger partial charge < -0.3 is 5.32 Å². The Hall–Kier alpha value is -0.0800. The molecule has 0 radical (unpaired) electrons. The first-order chi connectivity index (χ1) is 9.06. The minimum atomic E-state index is 0.329. The van der Waals surface area contributed by atoms with Crippen LogP contribution in [0.15, 0.2) is 0 Å². The standard InChI is InChI=1S/C17H34N2/c1-5-17(4)13-19(12-8-11-18-17)16-10-7-6-9-15(16)14(2)3/h14-16,18H,5-13H2,1-4H3. The van der Waals surface area contributed by atoms with E-state index < -0.39 is 0 Å². The lowest BCUT2D eigenvalue weighted by molar-refractivity contribution is 0.0646. The highest BCUT2D eigenvalue weighted by Crippen LogP contribution is 2.35. The van der Waals surface area contributed by atoms with Crippen LogP contribution in [0.5, 0.6) is 0 Å². The van der Waals surface area contributed by atoms with Gasteiger partial charge >= 0.3 is 0 Å². The predicted molar refractivity (Wildman–Crippen MR) is 83.5 cm³/mol. The second-order valence-corrected chi connectivity index (χ2v) is 7.42. The molecule has 0 aromatic rings. The van der Waals surface area contributed by atoms with Gasteiger partial charge in [-0.05, 0) is 57.5 Å². The third-order valence-corrected chi connectivity index (χ3v) is 5.61. The van der Waals surface area contributed by atoms with Crippen molar-refractivity contribution >= 4 is 0 Å². The minimum Gasteiger partial charge on any atom is -0.310 e. The number of hydrogen-bond donors (Lipinski definition) is 1. The summed E-state index contributed by atoms with van der Waals surface area (Å²) in [5, 5.41) is 3.78. The molecule has 0 bridgehead atoms. The molecule has 2 fully saturated rings. The SMILES string of the molecule is CCC1(C)CN(C2CCCCC2C(C)C)CCCN1. The van der Waals surface area contributed by atoms with Crippen molar-refractivity contribution in [1.82, 2.24) is 10.2 Å². The number of nitrogens with one attached hydrogen (secondary N) is 1. The molecule has 1 aliphatic heterocycles. The van der Waals surface area contributed by atoms with Crippen LogP contribution in [0.25, 0.3) is 0 Å². The Morgan fingerprint density at radius 1 is 1.21 bits per heavy atom. The Morgan fingerprint density at radius 3 is 2.63 bits per heavy atom. The maximum Gasteiger partial charge on any atom is 0.0277 e. The third kappa shape index (κ3) is 3.72. The maximum absolute atomic E-state index is 3.78. The smallest absolute Gasteiger partial charge is 0.0277 e. The van der Waals surface area contributed by atoms with Crippen LogP contribution < -0.4 is 5.32 Å². The van der Waals surface area contributed by atoms with Gasteiger partial charge in [-0.25, -0.2) is 0 Å². The Balaban J connectivity index is 2.08. The summed E-state index contributed by atoms with van der Waals surface area (Å²) < 4.78 is 0. The van der Waals surface area contributed by atoms with E-state index in [1.165, 1.54) is 58.2 Å². The van der Waals surface area contributed by atoms with Crippen molar-refractivity contribution in [3.63, 3.8) is 0 Å². The van der Waals surface area contributed by atoms with Crippen molar-refractivity contribution in [3.05, 3.63) is 0 Å². The zero-order chi connectivity index (χ0) is 13.9. The number of hydrogen-bond acceptors (Lipinski definition) is 2. The van der Waals surface area contributed by atoms with Crippen LogP contribution in [0.4, 0.5) is 0 Å². The average molecular weight is 266 g/mol. The van der Waals surface area contributed by atoms with E-state index in [9.17, 15) is 0 Å². The van der Waals surface area contributed by atoms with E-state index in [1.807, 2.05) is 0 Å². The highest BCUT2D eigenvalue weighted by atomic mass is 15.2. The summed E-state index contributed by atoms with van der Waals surface area (Å²) in [6, 6.07) is 0.847. The summed E-state index contributed by atoms with van der Waals surface area (Å²) in [5.41, 5.74) is 0.329. The predicted octanol–water partition coefficient (Wildman–Crippen LogP) is 3.67. The largest absolute Gasteiger partial charge is 0.310 e. The van der Waals surface area contributed by atoms with Crippen LogP contribution in [0, 0.1) is 11.8 Å². The quantitative estimate of drug-likeness (QED) is 0.838. The molecule has 2 heteroatoms. The first kappa shape index (κ1) is 15.3. The summed E-state index contributed by atoms with van der Waals surface area (Å²) in [6.45, 7) is 13.3. The molecule has 1 heterocycles. The van der Waals surface area contributed by atoms with E-state index in [1.54, 1.807) is 0 Å². The second kappa shape index (κ2) is 6.58. The third-order valence-electron chi connectivity index (χ3n) is 5.61. The Labute approximate surface area is 120 Å². The minimum absolute atomic E-state index is 0.329. The van der Waals surface area contributed by atoms with Gasteiger partial charge in [-0.2, -0.15) is 0 Å². The molecule has 19 heavy (non-hydrogen) atoms. The maximum atomic E-state index is 3.78. The molecule has 2 rings (SSSR count). The van der Waals surface area contributed by atoms with Gasteiger partial charge in [0.05, 0.1) is 0 Å². The van der Waals surface area contributed by atoms with Crippen LogP contribution in [0.3, 0.4) is 0 Å². The van der Waals surface area contributed by atoms with Crippen molar-refractivity contribution in [2.24, 2.45) is 11.8 Å².